The molecular formula is C11H23NO4. The van der Waals surface area contributed by atoms with Crippen LogP contribution in [0.3, 0.4) is 0 Å². The summed E-state index contributed by atoms with van der Waals surface area (Å²) < 4.78 is 15.2. The second-order valence-electron chi connectivity index (χ2n) is 4.39. The molecule has 0 aliphatic carbocycles. The van der Waals surface area contributed by atoms with Crippen LogP contribution in [-0.4, -0.2) is 45.2 Å². The lowest BCUT2D eigenvalue weighted by molar-refractivity contribution is 0.0492. The first-order chi connectivity index (χ1) is 7.45. The molecule has 1 N–H and O–H groups in total. The number of ether oxygens (including phenoxy) is 3. The fraction of sp³-hybridized carbons (Fsp3) is 0.909. The Morgan fingerprint density at radius 3 is 2.44 bits per heavy atom. The molecule has 0 aliphatic heterocycles. The average molecular weight is 233 g/mol. The van der Waals surface area contributed by atoms with Crippen molar-refractivity contribution >= 4 is 6.09 Å². The van der Waals surface area contributed by atoms with Crippen LogP contribution >= 0.6 is 0 Å². The summed E-state index contributed by atoms with van der Waals surface area (Å²) in [5, 5.41) is 2.61. The average Bonchev–Trinajstić information content (AvgIpc) is 2.13. The van der Waals surface area contributed by atoms with Gasteiger partial charge in [-0.05, 0) is 27.2 Å². The minimum absolute atomic E-state index is 0.409. The van der Waals surface area contributed by atoms with Gasteiger partial charge in [-0.1, -0.05) is 0 Å². The predicted octanol–water partition coefficient (Wildman–Crippen LogP) is 1.56. The molecule has 0 rings (SSSR count). The van der Waals surface area contributed by atoms with Crippen LogP contribution in [-0.2, 0) is 14.2 Å². The van der Waals surface area contributed by atoms with Crippen LogP contribution < -0.4 is 5.32 Å². The lowest BCUT2D eigenvalue weighted by atomic mass is 10.2. The Bertz CT molecular complexity index is 189. The van der Waals surface area contributed by atoms with Crippen LogP contribution in [0.4, 0.5) is 4.79 Å². The van der Waals surface area contributed by atoms with Crippen molar-refractivity contribution in [2.45, 2.75) is 32.8 Å². The summed E-state index contributed by atoms with van der Waals surface area (Å²) in [5.74, 6) is 0. The van der Waals surface area contributed by atoms with Crippen molar-refractivity contribution in [1.82, 2.24) is 5.32 Å². The number of nitrogens with one attached hydrogen (secondary N) is 1. The highest BCUT2D eigenvalue weighted by molar-refractivity contribution is 5.67. The number of hydrogen-bond acceptors (Lipinski definition) is 4. The van der Waals surface area contributed by atoms with E-state index in [1.54, 1.807) is 7.11 Å². The van der Waals surface area contributed by atoms with E-state index in [0.717, 1.165) is 6.42 Å². The molecule has 0 atom stereocenters. The highest BCUT2D eigenvalue weighted by Crippen LogP contribution is 2.05. The summed E-state index contributed by atoms with van der Waals surface area (Å²) >= 11 is 0. The minimum atomic E-state index is -0.455. The number of alkyl carbamates (subject to hydrolysis) is 1. The van der Waals surface area contributed by atoms with Crippen molar-refractivity contribution in [3.05, 3.63) is 0 Å². The molecule has 0 aromatic heterocycles. The third-order valence-electron chi connectivity index (χ3n) is 1.55. The summed E-state index contributed by atoms with van der Waals surface area (Å²) in [6.45, 7) is 7.77. The highest BCUT2D eigenvalue weighted by atomic mass is 16.6. The molecule has 1 amide bonds. The summed E-state index contributed by atoms with van der Waals surface area (Å²) in [4.78, 5) is 11.2. The van der Waals surface area contributed by atoms with Gasteiger partial charge in [0.1, 0.15) is 5.60 Å². The Morgan fingerprint density at radius 1 is 1.19 bits per heavy atom. The molecule has 0 saturated heterocycles. The minimum Gasteiger partial charge on any atom is -0.444 e. The number of rotatable bonds is 7. The van der Waals surface area contributed by atoms with E-state index in [0.29, 0.717) is 26.4 Å². The number of methoxy groups -OCH3 is 1. The number of carbonyl (C=O) groups excluding carboxylic acids is 1. The van der Waals surface area contributed by atoms with Gasteiger partial charge in [-0.3, -0.25) is 0 Å². The Morgan fingerprint density at radius 2 is 1.88 bits per heavy atom. The van der Waals surface area contributed by atoms with Gasteiger partial charge in [0.15, 0.2) is 0 Å². The van der Waals surface area contributed by atoms with Gasteiger partial charge in [-0.2, -0.15) is 0 Å². The van der Waals surface area contributed by atoms with Gasteiger partial charge >= 0.3 is 6.09 Å². The molecule has 0 saturated carbocycles. The van der Waals surface area contributed by atoms with Gasteiger partial charge in [0.05, 0.1) is 6.61 Å². The van der Waals surface area contributed by atoms with Gasteiger partial charge in [-0.25, -0.2) is 4.79 Å². The topological polar surface area (TPSA) is 56.8 Å². The smallest absolute Gasteiger partial charge is 0.407 e. The maximum Gasteiger partial charge on any atom is 0.407 e. The van der Waals surface area contributed by atoms with E-state index >= 15 is 0 Å². The Labute approximate surface area is 97.4 Å². The SMILES string of the molecule is COCCCOCCNC(=O)OC(C)(C)C. The van der Waals surface area contributed by atoms with Crippen LogP contribution in [0.15, 0.2) is 0 Å². The first-order valence-corrected chi connectivity index (χ1v) is 5.49. The Kier molecular flexibility index (Phi) is 7.93. The molecule has 0 aromatic carbocycles. The number of hydrogen-bond donors (Lipinski definition) is 1. The summed E-state index contributed by atoms with van der Waals surface area (Å²) in [5.41, 5.74) is -0.455. The van der Waals surface area contributed by atoms with Crippen LogP contribution in [0.5, 0.6) is 0 Å². The first kappa shape index (κ1) is 15.2. The molecular weight excluding hydrogens is 210 g/mol. The van der Waals surface area contributed by atoms with Crippen LogP contribution in [0, 0.1) is 0 Å². The maximum atomic E-state index is 11.2. The molecule has 0 unspecified atom stereocenters. The predicted molar refractivity (Wildman–Crippen MR) is 61.5 cm³/mol. The second-order valence-corrected chi connectivity index (χ2v) is 4.39. The molecule has 16 heavy (non-hydrogen) atoms. The second kappa shape index (κ2) is 8.35. The van der Waals surface area contributed by atoms with Crippen molar-refractivity contribution < 1.29 is 19.0 Å². The molecule has 0 spiro atoms. The van der Waals surface area contributed by atoms with Crippen molar-refractivity contribution in [3.63, 3.8) is 0 Å². The first-order valence-electron chi connectivity index (χ1n) is 5.49. The zero-order chi connectivity index (χ0) is 12.4. The zero-order valence-electron chi connectivity index (χ0n) is 10.7. The van der Waals surface area contributed by atoms with E-state index in [4.69, 9.17) is 14.2 Å². The van der Waals surface area contributed by atoms with Crippen LogP contribution in [0.25, 0.3) is 0 Å². The van der Waals surface area contributed by atoms with Crippen molar-refractivity contribution in [2.24, 2.45) is 0 Å². The van der Waals surface area contributed by atoms with Crippen molar-refractivity contribution in [2.75, 3.05) is 33.5 Å². The van der Waals surface area contributed by atoms with Gasteiger partial charge in [-0.15, -0.1) is 0 Å². The molecule has 5 heteroatoms. The highest BCUT2D eigenvalue weighted by Gasteiger charge is 2.15. The van der Waals surface area contributed by atoms with E-state index in [1.807, 2.05) is 20.8 Å². The van der Waals surface area contributed by atoms with Crippen molar-refractivity contribution in [1.29, 1.82) is 0 Å². The third-order valence-corrected chi connectivity index (χ3v) is 1.55. The summed E-state index contributed by atoms with van der Waals surface area (Å²) in [6, 6.07) is 0. The third kappa shape index (κ3) is 11.3. The molecule has 0 heterocycles. The van der Waals surface area contributed by atoms with Crippen LogP contribution in [0.1, 0.15) is 27.2 Å². The fourth-order valence-corrected chi connectivity index (χ4v) is 0.947. The normalized spacial score (nSPS) is 11.2. The number of carbonyl (C=O) groups is 1. The van der Waals surface area contributed by atoms with E-state index < -0.39 is 11.7 Å². The standard InChI is InChI=1S/C11H23NO4/c1-11(2,3)16-10(13)12-6-9-15-8-5-7-14-4/h5-9H2,1-4H3,(H,12,13). The van der Waals surface area contributed by atoms with Crippen molar-refractivity contribution in [3.8, 4) is 0 Å². The molecule has 0 bridgehead atoms. The monoisotopic (exact) mass is 233 g/mol. The molecule has 0 radical (unpaired) electrons. The van der Waals surface area contributed by atoms with E-state index in [9.17, 15) is 4.79 Å². The number of amides is 1. The fourth-order valence-electron chi connectivity index (χ4n) is 0.947. The van der Waals surface area contributed by atoms with Gasteiger partial charge in [0, 0.05) is 26.9 Å². The molecule has 96 valence electrons. The summed E-state index contributed by atoms with van der Waals surface area (Å²) in [7, 11) is 1.66. The zero-order valence-corrected chi connectivity index (χ0v) is 10.7. The maximum absolute atomic E-state index is 11.2. The largest absolute Gasteiger partial charge is 0.444 e. The molecule has 0 fully saturated rings. The Balaban J connectivity index is 3.28. The van der Waals surface area contributed by atoms with Gasteiger partial charge in [0.2, 0.25) is 0 Å². The van der Waals surface area contributed by atoms with E-state index in [2.05, 4.69) is 5.32 Å². The Hall–Kier alpha value is -0.810. The summed E-state index contributed by atoms with van der Waals surface area (Å²) in [6.07, 6.45) is 0.455. The van der Waals surface area contributed by atoms with Gasteiger partial charge in [0.25, 0.3) is 0 Å². The molecule has 5 nitrogen and oxygen atoms in total. The quantitative estimate of drug-likeness (QED) is 0.678. The van der Waals surface area contributed by atoms with Crippen LogP contribution in [0.2, 0.25) is 0 Å². The van der Waals surface area contributed by atoms with E-state index in [-0.39, 0.29) is 0 Å². The lowest BCUT2D eigenvalue weighted by Gasteiger charge is -2.19. The molecule has 0 aromatic rings. The van der Waals surface area contributed by atoms with E-state index in [1.165, 1.54) is 0 Å². The van der Waals surface area contributed by atoms with Gasteiger partial charge < -0.3 is 19.5 Å². The molecule has 0 aliphatic rings. The lowest BCUT2D eigenvalue weighted by Crippen LogP contribution is -2.34.